The molecular formula is C39H47NO4. The second-order valence-electron chi connectivity index (χ2n) is 15.5. The molecule has 0 amide bonds. The van der Waals surface area contributed by atoms with Gasteiger partial charge in [0.15, 0.2) is 5.78 Å². The largest absolute Gasteiger partial charge is 0.393 e. The third kappa shape index (κ3) is 3.82. The fraction of sp³-hybridized carbons (Fsp3) is 0.564. The first-order chi connectivity index (χ1) is 21.1. The SMILES string of the molecule is C[C@]12CC[C@H]3[C@]4(C=C[C@@]5(C=C4C(=O)c4ccc(-c6ccccc6)cc4)CC(O)CC[C@]35C)[C@@H]1CC[C@@]2(O)CN1CCOCC1. The van der Waals surface area contributed by atoms with E-state index >= 15 is 0 Å². The van der Waals surface area contributed by atoms with E-state index in [-0.39, 0.29) is 34.1 Å². The van der Waals surface area contributed by atoms with E-state index in [2.05, 4.69) is 61.2 Å². The Labute approximate surface area is 262 Å². The van der Waals surface area contributed by atoms with E-state index in [1.54, 1.807) is 0 Å². The van der Waals surface area contributed by atoms with Crippen molar-refractivity contribution in [1.29, 1.82) is 0 Å². The second-order valence-corrected chi connectivity index (χ2v) is 15.5. The van der Waals surface area contributed by atoms with Crippen LogP contribution in [0.2, 0.25) is 0 Å². The van der Waals surface area contributed by atoms with Gasteiger partial charge in [0.05, 0.1) is 24.9 Å². The van der Waals surface area contributed by atoms with Crippen LogP contribution in [0.25, 0.3) is 11.1 Å². The predicted molar refractivity (Wildman–Crippen MR) is 172 cm³/mol. The number of benzene rings is 2. The van der Waals surface area contributed by atoms with Crippen LogP contribution in [0, 0.1) is 33.5 Å². The standard InChI is InChI=1S/C39H47NO4/c1-35-15-12-30(41)24-37(35)18-19-39(31(25-37)34(42)29-10-8-28(9-11-29)27-6-4-3-5-7-27)32(35)13-16-36(2)33(39)14-17-38(36,43)26-40-20-22-44-23-21-40/h3-11,18-19,25,30,32-33,41,43H,12-17,20-24,26H2,1-2H3/t30?,32-,33-,35-,36+,37+,38-,39-/m1/s1. The maximum absolute atomic E-state index is 14.9. The molecule has 9 rings (SSSR count). The van der Waals surface area contributed by atoms with Gasteiger partial charge in [-0.1, -0.05) is 86.7 Å². The molecule has 6 aliphatic carbocycles. The molecule has 3 saturated carbocycles. The number of hydrogen-bond acceptors (Lipinski definition) is 5. The molecule has 2 spiro atoms. The molecule has 1 unspecified atom stereocenters. The molecule has 8 atom stereocenters. The minimum atomic E-state index is -0.802. The fourth-order valence-corrected chi connectivity index (χ4v) is 11.3. The van der Waals surface area contributed by atoms with Crippen molar-refractivity contribution in [3.8, 4) is 11.1 Å². The highest BCUT2D eigenvalue weighted by atomic mass is 16.5. The Bertz CT molecular complexity index is 1510. The van der Waals surface area contributed by atoms with E-state index in [4.69, 9.17) is 4.74 Å². The number of nitrogens with zero attached hydrogens (tertiary/aromatic N) is 1. The number of carbonyl (C=O) groups excluding carboxylic acids is 1. The summed E-state index contributed by atoms with van der Waals surface area (Å²) in [6.45, 7) is 8.64. The van der Waals surface area contributed by atoms with Gasteiger partial charge in [0.2, 0.25) is 0 Å². The zero-order valence-corrected chi connectivity index (χ0v) is 26.3. The zero-order valence-electron chi connectivity index (χ0n) is 26.3. The third-order valence-corrected chi connectivity index (χ3v) is 13.8. The van der Waals surface area contributed by atoms with Crippen molar-refractivity contribution in [1.82, 2.24) is 4.90 Å². The first-order valence-electron chi connectivity index (χ1n) is 17.0. The van der Waals surface area contributed by atoms with Gasteiger partial charge in [-0.15, -0.1) is 0 Å². The average Bonchev–Trinajstić information content (AvgIpc) is 3.31. The van der Waals surface area contributed by atoms with E-state index in [9.17, 15) is 15.0 Å². The van der Waals surface area contributed by atoms with Crippen LogP contribution in [0.3, 0.4) is 0 Å². The predicted octanol–water partition coefficient (Wildman–Crippen LogP) is 6.46. The molecule has 1 heterocycles. The minimum absolute atomic E-state index is 0.0197. The normalized spacial score (nSPS) is 42.7. The van der Waals surface area contributed by atoms with Crippen LogP contribution in [0.15, 0.2) is 78.4 Å². The summed E-state index contributed by atoms with van der Waals surface area (Å²) in [7, 11) is 0. The van der Waals surface area contributed by atoms with Crippen LogP contribution in [0.1, 0.15) is 69.2 Å². The van der Waals surface area contributed by atoms with E-state index < -0.39 is 11.0 Å². The molecule has 44 heavy (non-hydrogen) atoms. The summed E-state index contributed by atoms with van der Waals surface area (Å²) in [5.41, 5.74) is 2.04. The first-order valence-corrected chi connectivity index (χ1v) is 17.0. The number of aliphatic hydroxyl groups is 2. The number of β-amino-alcohol motifs (C(OH)–C–C–N with tert-alkyl or cyclic N) is 1. The molecule has 4 fully saturated rings. The Morgan fingerprint density at radius 1 is 0.864 bits per heavy atom. The van der Waals surface area contributed by atoms with E-state index in [1.807, 2.05) is 30.3 Å². The Morgan fingerprint density at radius 2 is 1.52 bits per heavy atom. The van der Waals surface area contributed by atoms with Crippen LogP contribution in [-0.4, -0.2) is 65.4 Å². The molecular weight excluding hydrogens is 546 g/mol. The van der Waals surface area contributed by atoms with Gasteiger partial charge in [-0.25, -0.2) is 0 Å². The van der Waals surface area contributed by atoms with Gasteiger partial charge in [0.25, 0.3) is 0 Å². The molecule has 232 valence electrons. The Hall–Kier alpha value is -2.57. The van der Waals surface area contributed by atoms with Crippen LogP contribution in [-0.2, 0) is 4.74 Å². The molecule has 2 aromatic rings. The zero-order chi connectivity index (χ0) is 30.4. The van der Waals surface area contributed by atoms with Gasteiger partial charge >= 0.3 is 0 Å². The quantitative estimate of drug-likeness (QED) is 0.308. The number of rotatable bonds is 5. The third-order valence-electron chi connectivity index (χ3n) is 13.8. The van der Waals surface area contributed by atoms with Crippen molar-refractivity contribution < 1.29 is 19.7 Å². The number of carbonyl (C=O) groups is 1. The first kappa shape index (κ1) is 28.9. The van der Waals surface area contributed by atoms with Gasteiger partial charge in [-0.2, -0.15) is 0 Å². The van der Waals surface area contributed by atoms with Crippen molar-refractivity contribution >= 4 is 5.78 Å². The lowest BCUT2D eigenvalue weighted by atomic mass is 9.32. The van der Waals surface area contributed by atoms with Crippen molar-refractivity contribution in [2.24, 2.45) is 33.5 Å². The lowest BCUT2D eigenvalue weighted by molar-refractivity contribution is -0.178. The Kier molecular flexibility index (Phi) is 6.54. The Balaban J connectivity index is 1.22. The number of allylic oxidation sites excluding steroid dienone is 4. The number of Topliss-reactive ketones (excluding diaryl/α,β-unsaturated/α-hetero) is 1. The van der Waals surface area contributed by atoms with Crippen molar-refractivity contribution in [3.05, 3.63) is 84.0 Å². The van der Waals surface area contributed by atoms with Gasteiger partial charge < -0.3 is 14.9 Å². The number of hydrogen-bond donors (Lipinski definition) is 2. The number of ketones is 1. The van der Waals surface area contributed by atoms with E-state index in [1.165, 1.54) is 0 Å². The molecule has 0 aromatic heterocycles. The van der Waals surface area contributed by atoms with Crippen LogP contribution in [0.5, 0.6) is 0 Å². The highest BCUT2D eigenvalue weighted by molar-refractivity contribution is 6.10. The molecule has 5 heteroatoms. The summed E-state index contributed by atoms with van der Waals surface area (Å²) in [5, 5.41) is 23.5. The molecule has 1 saturated heterocycles. The van der Waals surface area contributed by atoms with Crippen LogP contribution < -0.4 is 0 Å². The van der Waals surface area contributed by atoms with E-state index in [0.29, 0.717) is 18.9 Å². The monoisotopic (exact) mass is 593 g/mol. The van der Waals surface area contributed by atoms with Crippen molar-refractivity contribution in [2.75, 3.05) is 32.8 Å². The molecule has 1 aliphatic heterocycles. The smallest absolute Gasteiger partial charge is 0.189 e. The molecule has 0 radical (unpaired) electrons. The summed E-state index contributed by atoms with van der Waals surface area (Å²) in [6, 6.07) is 18.5. The number of morpholine rings is 1. The summed E-state index contributed by atoms with van der Waals surface area (Å²) >= 11 is 0. The number of aliphatic hydroxyl groups excluding tert-OH is 1. The van der Waals surface area contributed by atoms with Crippen LogP contribution in [0.4, 0.5) is 0 Å². The maximum Gasteiger partial charge on any atom is 0.189 e. The molecule has 5 nitrogen and oxygen atoms in total. The summed E-state index contributed by atoms with van der Waals surface area (Å²) in [4.78, 5) is 17.3. The Morgan fingerprint density at radius 3 is 2.27 bits per heavy atom. The molecule has 2 aromatic carbocycles. The summed E-state index contributed by atoms with van der Waals surface area (Å²) in [5.74, 6) is 0.606. The topological polar surface area (TPSA) is 70.0 Å². The maximum atomic E-state index is 14.9. The van der Waals surface area contributed by atoms with Crippen molar-refractivity contribution in [3.63, 3.8) is 0 Å². The van der Waals surface area contributed by atoms with Gasteiger partial charge in [-0.05, 0) is 73.3 Å². The minimum Gasteiger partial charge on any atom is -0.393 e. The number of ether oxygens (including phenoxy) is 1. The lowest BCUT2D eigenvalue weighted by Gasteiger charge is -2.71. The van der Waals surface area contributed by atoms with Crippen LogP contribution >= 0.6 is 0 Å². The van der Waals surface area contributed by atoms with Crippen molar-refractivity contribution in [2.45, 2.75) is 70.5 Å². The van der Waals surface area contributed by atoms with Gasteiger partial charge in [0.1, 0.15) is 0 Å². The average molecular weight is 594 g/mol. The molecule has 2 bridgehead atoms. The number of fused-ring (bicyclic) bond motifs is 1. The molecule has 2 N–H and O–H groups in total. The lowest BCUT2D eigenvalue weighted by Crippen LogP contribution is -2.67. The molecule has 7 aliphatic rings. The summed E-state index contributed by atoms with van der Waals surface area (Å²) in [6.07, 6.45) is 12.9. The van der Waals surface area contributed by atoms with E-state index in [0.717, 1.165) is 87.1 Å². The van der Waals surface area contributed by atoms with Gasteiger partial charge in [-0.3, -0.25) is 9.69 Å². The summed E-state index contributed by atoms with van der Waals surface area (Å²) < 4.78 is 5.63. The highest BCUT2D eigenvalue weighted by Gasteiger charge is 2.74. The second kappa shape index (κ2) is 9.96. The highest BCUT2D eigenvalue weighted by Crippen LogP contribution is 2.78. The fourth-order valence-electron chi connectivity index (χ4n) is 11.3. The van der Waals surface area contributed by atoms with Gasteiger partial charge in [0, 0.05) is 47.0 Å².